The van der Waals surface area contributed by atoms with Crippen molar-refractivity contribution in [3.63, 3.8) is 0 Å². The summed E-state index contributed by atoms with van der Waals surface area (Å²) in [7, 11) is -3.67. The van der Waals surface area contributed by atoms with Gasteiger partial charge in [-0.3, -0.25) is 9.10 Å². The average Bonchev–Trinajstić information content (AvgIpc) is 2.64. The molecular weight excluding hydrogens is 380 g/mol. The van der Waals surface area contributed by atoms with Crippen molar-refractivity contribution in [2.24, 2.45) is 0 Å². The molecule has 28 heavy (non-hydrogen) atoms. The molecule has 0 radical (unpaired) electrons. The van der Waals surface area contributed by atoms with Crippen LogP contribution in [0.5, 0.6) is 0 Å². The number of nitrogens with two attached hydrogens (primary N) is 1. The van der Waals surface area contributed by atoms with E-state index in [2.05, 4.69) is 9.97 Å². The molecule has 0 fully saturated rings. The molecule has 9 heteroatoms. The van der Waals surface area contributed by atoms with E-state index in [0.717, 1.165) is 16.1 Å². The molecule has 2 aromatic carbocycles. The zero-order valence-electron chi connectivity index (χ0n) is 15.5. The van der Waals surface area contributed by atoms with Gasteiger partial charge in [-0.2, -0.15) is 0 Å². The van der Waals surface area contributed by atoms with Crippen molar-refractivity contribution in [2.45, 2.75) is 13.5 Å². The Labute approximate surface area is 163 Å². The Kier molecular flexibility index (Phi) is 5.46. The summed E-state index contributed by atoms with van der Waals surface area (Å²) in [6.07, 6.45) is 1.04. The highest BCUT2D eigenvalue weighted by molar-refractivity contribution is 7.92. The fraction of sp³-hybridized carbons (Fsp3) is 0.211. The van der Waals surface area contributed by atoms with Crippen LogP contribution in [0.4, 0.5) is 11.5 Å². The van der Waals surface area contributed by atoms with Crippen LogP contribution in [-0.4, -0.2) is 37.2 Å². The third kappa shape index (κ3) is 4.37. The summed E-state index contributed by atoms with van der Waals surface area (Å²) >= 11 is 0. The van der Waals surface area contributed by atoms with Gasteiger partial charge in [-0.1, -0.05) is 30.3 Å². The van der Waals surface area contributed by atoms with Crippen molar-refractivity contribution in [1.29, 1.82) is 0 Å². The molecule has 0 saturated heterocycles. The number of hydrogen-bond donors (Lipinski definition) is 1. The summed E-state index contributed by atoms with van der Waals surface area (Å²) in [4.78, 5) is 20.7. The van der Waals surface area contributed by atoms with E-state index in [0.29, 0.717) is 16.6 Å². The molecule has 1 aromatic heterocycles. The average molecular weight is 400 g/mol. The normalized spacial score (nSPS) is 11.4. The van der Waals surface area contributed by atoms with E-state index in [1.807, 2.05) is 12.1 Å². The lowest BCUT2D eigenvalue weighted by molar-refractivity contribution is -0.143. The first-order chi connectivity index (χ1) is 13.3. The van der Waals surface area contributed by atoms with E-state index in [1.54, 1.807) is 43.3 Å². The highest BCUT2D eigenvalue weighted by Gasteiger charge is 2.23. The molecule has 0 spiro atoms. The Balaban J connectivity index is 1.75. The third-order valence-electron chi connectivity index (χ3n) is 4.10. The first-order valence-corrected chi connectivity index (χ1v) is 10.3. The van der Waals surface area contributed by atoms with Crippen molar-refractivity contribution in [3.05, 3.63) is 59.9 Å². The maximum Gasteiger partial charge on any atom is 0.327 e. The molecule has 0 unspecified atom stereocenters. The molecule has 0 atom stereocenters. The van der Waals surface area contributed by atoms with Crippen LogP contribution in [0.2, 0.25) is 0 Å². The standard InChI is InChI=1S/C19H20N4O4S/c1-13-7-3-6-10-16(13)23(28(2,25)26)11-18(24)27-12-17-21-15-9-5-4-8-14(15)19(20)22-17/h3-10H,11-12H2,1-2H3,(H2,20,21,22). The SMILES string of the molecule is Cc1ccccc1N(CC(=O)OCc1nc(N)c2ccccc2n1)S(C)(=O)=O. The van der Waals surface area contributed by atoms with E-state index in [9.17, 15) is 13.2 Å². The molecule has 3 aromatic rings. The summed E-state index contributed by atoms with van der Waals surface area (Å²) in [6, 6.07) is 14.1. The van der Waals surface area contributed by atoms with Crippen molar-refractivity contribution in [3.8, 4) is 0 Å². The van der Waals surface area contributed by atoms with Crippen LogP contribution in [0, 0.1) is 6.92 Å². The number of anilines is 2. The molecule has 0 bridgehead atoms. The monoisotopic (exact) mass is 400 g/mol. The number of carbonyl (C=O) groups excluding carboxylic acids is 1. The highest BCUT2D eigenvalue weighted by Crippen LogP contribution is 2.22. The summed E-state index contributed by atoms with van der Waals surface area (Å²) in [5.41, 5.74) is 7.70. The number of fused-ring (bicyclic) bond motifs is 1. The minimum atomic E-state index is -3.67. The number of ether oxygens (including phenoxy) is 1. The Bertz CT molecular complexity index is 1130. The van der Waals surface area contributed by atoms with E-state index >= 15 is 0 Å². The largest absolute Gasteiger partial charge is 0.456 e. The predicted octanol–water partition coefficient (Wildman–Crippen LogP) is 2.03. The number of aromatic nitrogens is 2. The van der Waals surface area contributed by atoms with E-state index in [1.165, 1.54) is 0 Å². The molecule has 1 heterocycles. The molecular formula is C19H20N4O4S. The third-order valence-corrected chi connectivity index (χ3v) is 5.22. The van der Waals surface area contributed by atoms with Gasteiger partial charge in [-0.05, 0) is 30.7 Å². The van der Waals surface area contributed by atoms with Gasteiger partial charge in [0, 0.05) is 5.39 Å². The molecule has 3 rings (SSSR count). The van der Waals surface area contributed by atoms with Crippen LogP contribution < -0.4 is 10.0 Å². The fourth-order valence-corrected chi connectivity index (χ4v) is 3.65. The Morgan fingerprint density at radius 1 is 1.11 bits per heavy atom. The zero-order chi connectivity index (χ0) is 20.3. The summed E-state index contributed by atoms with van der Waals surface area (Å²) < 4.78 is 30.5. The van der Waals surface area contributed by atoms with E-state index < -0.39 is 22.5 Å². The fourth-order valence-electron chi connectivity index (χ4n) is 2.75. The number of aryl methyl sites for hydroxylation is 1. The van der Waals surface area contributed by atoms with Gasteiger partial charge in [0.15, 0.2) is 12.4 Å². The maximum atomic E-state index is 12.3. The number of para-hydroxylation sites is 2. The molecule has 0 saturated carbocycles. The smallest absolute Gasteiger partial charge is 0.327 e. The quantitative estimate of drug-likeness (QED) is 0.629. The lowest BCUT2D eigenvalue weighted by atomic mass is 10.2. The number of rotatable bonds is 6. The maximum absolute atomic E-state index is 12.3. The van der Waals surface area contributed by atoms with Crippen molar-refractivity contribution in [2.75, 3.05) is 22.8 Å². The van der Waals surface area contributed by atoms with Crippen LogP contribution in [0.25, 0.3) is 10.9 Å². The van der Waals surface area contributed by atoms with Gasteiger partial charge in [0.2, 0.25) is 10.0 Å². The van der Waals surface area contributed by atoms with Crippen molar-refractivity contribution >= 4 is 38.4 Å². The number of sulfonamides is 1. The summed E-state index contributed by atoms with van der Waals surface area (Å²) in [6.45, 7) is 1.11. The Morgan fingerprint density at radius 3 is 2.50 bits per heavy atom. The second kappa shape index (κ2) is 7.81. The van der Waals surface area contributed by atoms with Gasteiger partial charge in [-0.25, -0.2) is 18.4 Å². The predicted molar refractivity (Wildman–Crippen MR) is 107 cm³/mol. The number of hydrogen-bond acceptors (Lipinski definition) is 7. The first-order valence-electron chi connectivity index (χ1n) is 8.46. The van der Waals surface area contributed by atoms with Crippen LogP contribution in [0.1, 0.15) is 11.4 Å². The van der Waals surface area contributed by atoms with E-state index in [-0.39, 0.29) is 18.2 Å². The molecule has 0 aliphatic carbocycles. The van der Waals surface area contributed by atoms with Gasteiger partial charge in [0.1, 0.15) is 12.4 Å². The second-order valence-corrected chi connectivity index (χ2v) is 8.17. The van der Waals surface area contributed by atoms with Gasteiger partial charge < -0.3 is 10.5 Å². The van der Waals surface area contributed by atoms with Gasteiger partial charge in [-0.15, -0.1) is 0 Å². The molecule has 8 nitrogen and oxygen atoms in total. The lowest BCUT2D eigenvalue weighted by Gasteiger charge is -2.23. The minimum absolute atomic E-state index is 0.209. The lowest BCUT2D eigenvalue weighted by Crippen LogP contribution is -2.36. The van der Waals surface area contributed by atoms with Crippen LogP contribution in [0.3, 0.4) is 0 Å². The zero-order valence-corrected chi connectivity index (χ0v) is 16.3. The van der Waals surface area contributed by atoms with Crippen LogP contribution in [0.15, 0.2) is 48.5 Å². The van der Waals surface area contributed by atoms with Crippen LogP contribution in [-0.2, 0) is 26.2 Å². The van der Waals surface area contributed by atoms with Crippen molar-refractivity contribution < 1.29 is 17.9 Å². The second-order valence-electron chi connectivity index (χ2n) is 6.26. The molecule has 0 aliphatic rings. The molecule has 146 valence electrons. The number of benzene rings is 2. The van der Waals surface area contributed by atoms with E-state index in [4.69, 9.17) is 10.5 Å². The van der Waals surface area contributed by atoms with Gasteiger partial charge >= 0.3 is 5.97 Å². The molecule has 0 aliphatic heterocycles. The minimum Gasteiger partial charge on any atom is -0.456 e. The number of carbonyl (C=O) groups is 1. The first kappa shape index (κ1) is 19.6. The van der Waals surface area contributed by atoms with Gasteiger partial charge in [0.05, 0.1) is 17.5 Å². The highest BCUT2D eigenvalue weighted by atomic mass is 32.2. The Morgan fingerprint density at radius 2 is 1.79 bits per heavy atom. The topological polar surface area (TPSA) is 115 Å². The molecule has 2 N–H and O–H groups in total. The summed E-state index contributed by atoms with van der Waals surface area (Å²) in [5.74, 6) is -0.190. The number of nitrogen functional groups attached to an aromatic ring is 1. The van der Waals surface area contributed by atoms with Crippen LogP contribution >= 0.6 is 0 Å². The Hall–Kier alpha value is -3.20. The summed E-state index contributed by atoms with van der Waals surface area (Å²) in [5, 5.41) is 0.709. The number of nitrogens with zero attached hydrogens (tertiary/aromatic N) is 3. The molecule has 0 amide bonds. The van der Waals surface area contributed by atoms with Crippen molar-refractivity contribution in [1.82, 2.24) is 9.97 Å². The van der Waals surface area contributed by atoms with Gasteiger partial charge in [0.25, 0.3) is 0 Å². The number of esters is 1.